The number of phenols is 1. The highest BCUT2D eigenvalue weighted by atomic mass is 16.6. The van der Waals surface area contributed by atoms with Crippen LogP contribution in [-0.4, -0.2) is 32.4 Å². The zero-order chi connectivity index (χ0) is 21.6. The van der Waals surface area contributed by atoms with Gasteiger partial charge in [-0.15, -0.1) is 0 Å². The molecule has 0 amide bonds. The number of quaternary nitrogens is 1. The van der Waals surface area contributed by atoms with Crippen LogP contribution in [0.3, 0.4) is 0 Å². The summed E-state index contributed by atoms with van der Waals surface area (Å²) in [4.78, 5) is 14.8. The van der Waals surface area contributed by atoms with E-state index < -0.39 is 0 Å². The molecule has 1 aromatic heterocycles. The second kappa shape index (κ2) is 7.69. The highest BCUT2D eigenvalue weighted by Crippen LogP contribution is 2.39. The molecule has 2 heterocycles. The van der Waals surface area contributed by atoms with E-state index in [9.17, 15) is 9.90 Å². The highest BCUT2D eigenvalue weighted by molar-refractivity contribution is 5.88. The van der Waals surface area contributed by atoms with Gasteiger partial charge in [-0.1, -0.05) is 6.92 Å². The standard InChI is InChI=1S/C24H27NO5/c1-6-15-10-17-23(27)21(14(3)30-24(17)18(22(15)26)12-25(4)5)16-11-20-19(9-13(16)2)28-7-8-29-20/h9-11,26H,6-8,12H2,1-5H3/p+1. The molecular formula is C24H28NO5+. The Bertz CT molecular complexity index is 1190. The Hall–Kier alpha value is -2.99. The average Bonchev–Trinajstić information content (AvgIpc) is 2.70. The minimum absolute atomic E-state index is 0.0989. The monoisotopic (exact) mass is 410 g/mol. The first-order chi connectivity index (χ1) is 14.3. The van der Waals surface area contributed by atoms with Gasteiger partial charge in [-0.05, 0) is 55.2 Å². The van der Waals surface area contributed by atoms with Crippen molar-refractivity contribution in [3.63, 3.8) is 0 Å². The molecular weight excluding hydrogens is 382 g/mol. The minimum Gasteiger partial charge on any atom is -0.507 e. The zero-order valence-corrected chi connectivity index (χ0v) is 18.1. The third-order valence-corrected chi connectivity index (χ3v) is 5.58. The normalized spacial score (nSPS) is 13.3. The van der Waals surface area contributed by atoms with Crippen LogP contribution in [0.4, 0.5) is 0 Å². The molecule has 0 saturated carbocycles. The molecule has 3 aromatic rings. The molecule has 1 aliphatic rings. The SMILES string of the molecule is CCc1cc2c(=O)c(-c3cc4c(cc3C)OCCO4)c(C)oc2c(C[NH+](C)C)c1O. The summed E-state index contributed by atoms with van der Waals surface area (Å²) in [7, 11) is 4.00. The number of aromatic hydroxyl groups is 1. The Kier molecular flexibility index (Phi) is 5.20. The van der Waals surface area contributed by atoms with Gasteiger partial charge in [-0.2, -0.15) is 0 Å². The lowest BCUT2D eigenvalue weighted by molar-refractivity contribution is -0.872. The maximum atomic E-state index is 13.7. The number of fused-ring (bicyclic) bond motifs is 2. The van der Waals surface area contributed by atoms with Crippen molar-refractivity contribution in [2.75, 3.05) is 27.3 Å². The fourth-order valence-corrected chi connectivity index (χ4v) is 4.11. The first-order valence-electron chi connectivity index (χ1n) is 10.3. The van der Waals surface area contributed by atoms with E-state index in [1.165, 1.54) is 0 Å². The first kappa shape index (κ1) is 20.3. The Morgan fingerprint density at radius 1 is 1.07 bits per heavy atom. The van der Waals surface area contributed by atoms with E-state index >= 15 is 0 Å². The summed E-state index contributed by atoms with van der Waals surface area (Å²) in [5.41, 5.74) is 4.01. The first-order valence-corrected chi connectivity index (χ1v) is 10.3. The van der Waals surface area contributed by atoms with Crippen LogP contribution >= 0.6 is 0 Å². The molecule has 0 fully saturated rings. The molecule has 1 aliphatic heterocycles. The quantitative estimate of drug-likeness (QED) is 0.692. The number of hydrogen-bond acceptors (Lipinski definition) is 5. The van der Waals surface area contributed by atoms with Crippen LogP contribution in [0.2, 0.25) is 0 Å². The van der Waals surface area contributed by atoms with Crippen LogP contribution in [0.1, 0.15) is 29.4 Å². The Labute approximate surface area is 175 Å². The van der Waals surface area contributed by atoms with Crippen LogP contribution in [0, 0.1) is 13.8 Å². The fraction of sp³-hybridized carbons (Fsp3) is 0.375. The molecule has 0 bridgehead atoms. The van der Waals surface area contributed by atoms with E-state index in [-0.39, 0.29) is 11.2 Å². The smallest absolute Gasteiger partial charge is 0.200 e. The van der Waals surface area contributed by atoms with Crippen molar-refractivity contribution >= 4 is 11.0 Å². The van der Waals surface area contributed by atoms with Gasteiger partial charge in [0, 0.05) is 0 Å². The number of benzene rings is 2. The van der Waals surface area contributed by atoms with Crippen LogP contribution in [0.25, 0.3) is 22.1 Å². The maximum absolute atomic E-state index is 13.7. The zero-order valence-electron chi connectivity index (χ0n) is 18.1. The van der Waals surface area contributed by atoms with E-state index in [1.54, 1.807) is 13.0 Å². The number of nitrogens with one attached hydrogen (secondary N) is 1. The molecule has 0 spiro atoms. The summed E-state index contributed by atoms with van der Waals surface area (Å²) in [6, 6.07) is 5.53. The van der Waals surface area contributed by atoms with E-state index in [1.807, 2.05) is 40.1 Å². The number of ether oxygens (including phenoxy) is 2. The van der Waals surface area contributed by atoms with Crippen molar-refractivity contribution in [3.05, 3.63) is 50.9 Å². The van der Waals surface area contributed by atoms with Gasteiger partial charge in [0.2, 0.25) is 5.43 Å². The third-order valence-electron chi connectivity index (χ3n) is 5.58. The molecule has 6 heteroatoms. The minimum atomic E-state index is -0.0989. The van der Waals surface area contributed by atoms with Crippen molar-refractivity contribution in [3.8, 4) is 28.4 Å². The average molecular weight is 410 g/mol. The summed E-state index contributed by atoms with van der Waals surface area (Å²) in [6.45, 7) is 7.27. The van der Waals surface area contributed by atoms with Gasteiger partial charge in [0.25, 0.3) is 0 Å². The number of aryl methyl sites for hydroxylation is 3. The Balaban J connectivity index is 2.02. The molecule has 30 heavy (non-hydrogen) atoms. The number of phenolic OH excluding ortho intramolecular Hbond substituents is 1. The van der Waals surface area contributed by atoms with Crippen LogP contribution in [0.5, 0.6) is 17.2 Å². The molecule has 0 unspecified atom stereocenters. The van der Waals surface area contributed by atoms with E-state index in [0.717, 1.165) is 21.6 Å². The van der Waals surface area contributed by atoms with E-state index in [2.05, 4.69) is 0 Å². The second-order valence-corrected chi connectivity index (χ2v) is 8.15. The Morgan fingerprint density at radius 2 is 1.73 bits per heavy atom. The molecule has 0 radical (unpaired) electrons. The van der Waals surface area contributed by atoms with Gasteiger partial charge >= 0.3 is 0 Å². The van der Waals surface area contributed by atoms with Gasteiger partial charge in [0.05, 0.1) is 30.6 Å². The lowest BCUT2D eigenvalue weighted by atomic mass is 9.95. The molecule has 158 valence electrons. The summed E-state index contributed by atoms with van der Waals surface area (Å²) < 4.78 is 17.6. The van der Waals surface area contributed by atoms with Gasteiger partial charge in [-0.25, -0.2) is 0 Å². The van der Waals surface area contributed by atoms with Crippen molar-refractivity contribution in [1.29, 1.82) is 0 Å². The molecule has 0 aliphatic carbocycles. The number of hydrogen-bond donors (Lipinski definition) is 2. The maximum Gasteiger partial charge on any atom is 0.200 e. The molecule has 4 rings (SSSR count). The van der Waals surface area contributed by atoms with E-state index in [0.29, 0.717) is 65.5 Å². The summed E-state index contributed by atoms with van der Waals surface area (Å²) in [6.07, 6.45) is 0.628. The van der Waals surface area contributed by atoms with E-state index in [4.69, 9.17) is 13.9 Å². The topological polar surface area (TPSA) is 73.3 Å². The molecule has 6 nitrogen and oxygen atoms in total. The molecule has 0 saturated heterocycles. The largest absolute Gasteiger partial charge is 0.507 e. The van der Waals surface area contributed by atoms with Gasteiger partial charge < -0.3 is 23.9 Å². The van der Waals surface area contributed by atoms with Crippen molar-refractivity contribution in [2.24, 2.45) is 0 Å². The van der Waals surface area contributed by atoms with Crippen LogP contribution in [0.15, 0.2) is 27.4 Å². The van der Waals surface area contributed by atoms with Crippen LogP contribution in [-0.2, 0) is 13.0 Å². The second-order valence-electron chi connectivity index (χ2n) is 8.15. The predicted octanol–water partition coefficient (Wildman–Crippen LogP) is 2.76. The highest BCUT2D eigenvalue weighted by Gasteiger charge is 2.24. The molecule has 2 N–H and O–H groups in total. The number of rotatable bonds is 4. The summed E-state index contributed by atoms with van der Waals surface area (Å²) >= 11 is 0. The third kappa shape index (κ3) is 3.31. The van der Waals surface area contributed by atoms with Crippen molar-refractivity contribution in [1.82, 2.24) is 0 Å². The Morgan fingerprint density at radius 3 is 2.37 bits per heavy atom. The van der Waals surface area contributed by atoms with Gasteiger partial charge in [0.15, 0.2) is 17.1 Å². The van der Waals surface area contributed by atoms with Crippen molar-refractivity contribution < 1.29 is 23.9 Å². The summed E-state index contributed by atoms with van der Waals surface area (Å²) in [5, 5.41) is 11.3. The molecule has 0 atom stereocenters. The van der Waals surface area contributed by atoms with Crippen LogP contribution < -0.4 is 19.8 Å². The van der Waals surface area contributed by atoms with Gasteiger partial charge in [0.1, 0.15) is 31.3 Å². The predicted molar refractivity (Wildman–Crippen MR) is 116 cm³/mol. The van der Waals surface area contributed by atoms with Crippen molar-refractivity contribution in [2.45, 2.75) is 33.7 Å². The lowest BCUT2D eigenvalue weighted by Gasteiger charge is -2.21. The molecule has 2 aromatic carbocycles. The fourth-order valence-electron chi connectivity index (χ4n) is 4.11. The summed E-state index contributed by atoms with van der Waals surface area (Å²) in [5.74, 6) is 2.07. The van der Waals surface area contributed by atoms with Gasteiger partial charge in [-0.3, -0.25) is 4.79 Å². The lowest BCUT2D eigenvalue weighted by Crippen LogP contribution is -3.04.